The zero-order valence-electron chi connectivity index (χ0n) is 14.2. The lowest BCUT2D eigenvalue weighted by atomic mass is 9.66. The van der Waals surface area contributed by atoms with Gasteiger partial charge in [-0.2, -0.15) is 0 Å². The highest BCUT2D eigenvalue weighted by Gasteiger charge is 2.49. The first-order chi connectivity index (χ1) is 12.0. The smallest absolute Gasteiger partial charge is 0.317 e. The van der Waals surface area contributed by atoms with Gasteiger partial charge in [0, 0.05) is 12.3 Å². The van der Waals surface area contributed by atoms with E-state index in [1.54, 1.807) is 6.92 Å². The van der Waals surface area contributed by atoms with Gasteiger partial charge < -0.3 is 9.84 Å². The van der Waals surface area contributed by atoms with E-state index in [1.165, 1.54) is 0 Å². The van der Waals surface area contributed by atoms with Crippen molar-refractivity contribution in [3.05, 3.63) is 71.8 Å². The Hall–Kier alpha value is -2.46. The zero-order chi connectivity index (χ0) is 17.9. The van der Waals surface area contributed by atoms with Crippen molar-refractivity contribution >= 4 is 11.8 Å². The Morgan fingerprint density at radius 3 is 2.32 bits per heavy atom. The molecule has 0 unspecified atom stereocenters. The Balaban J connectivity index is 2.01. The van der Waals surface area contributed by atoms with E-state index in [0.717, 1.165) is 5.56 Å². The molecule has 1 fully saturated rings. The molecule has 0 saturated heterocycles. The van der Waals surface area contributed by atoms with Gasteiger partial charge in [0.1, 0.15) is 5.92 Å². The van der Waals surface area contributed by atoms with Crippen LogP contribution in [0.1, 0.15) is 36.8 Å². The van der Waals surface area contributed by atoms with E-state index in [0.29, 0.717) is 12.0 Å². The fraction of sp³-hybridized carbons (Fsp3) is 0.333. The van der Waals surface area contributed by atoms with Crippen LogP contribution in [0.25, 0.3) is 0 Å². The monoisotopic (exact) mass is 338 g/mol. The van der Waals surface area contributed by atoms with Crippen molar-refractivity contribution in [1.29, 1.82) is 0 Å². The van der Waals surface area contributed by atoms with Crippen molar-refractivity contribution in [3.63, 3.8) is 0 Å². The van der Waals surface area contributed by atoms with Crippen molar-refractivity contribution in [2.24, 2.45) is 5.92 Å². The van der Waals surface area contributed by atoms with Crippen LogP contribution in [-0.2, 0) is 19.9 Å². The first kappa shape index (κ1) is 17.4. The molecule has 0 aliphatic heterocycles. The summed E-state index contributed by atoms with van der Waals surface area (Å²) in [6.45, 7) is 1.95. The van der Waals surface area contributed by atoms with Gasteiger partial charge in [-0.25, -0.2) is 0 Å². The van der Waals surface area contributed by atoms with Gasteiger partial charge in [0.2, 0.25) is 0 Å². The molecule has 0 spiro atoms. The average molecular weight is 338 g/mol. The number of rotatable bonds is 4. The summed E-state index contributed by atoms with van der Waals surface area (Å²) in [6.07, 6.45) is 0.222. The van der Waals surface area contributed by atoms with Crippen LogP contribution in [0.2, 0.25) is 0 Å². The number of carbonyl (C=O) groups is 2. The van der Waals surface area contributed by atoms with Gasteiger partial charge >= 0.3 is 5.97 Å². The second kappa shape index (κ2) is 7.19. The first-order valence-electron chi connectivity index (χ1n) is 8.57. The Labute approximate surface area is 147 Å². The molecule has 4 nitrogen and oxygen atoms in total. The van der Waals surface area contributed by atoms with Crippen LogP contribution in [0.4, 0.5) is 0 Å². The van der Waals surface area contributed by atoms with Crippen molar-refractivity contribution in [2.75, 3.05) is 6.61 Å². The minimum atomic E-state index is -1.28. The van der Waals surface area contributed by atoms with Crippen LogP contribution in [0.5, 0.6) is 0 Å². The normalized spacial score (nSPS) is 26.2. The average Bonchev–Trinajstić information content (AvgIpc) is 2.63. The Morgan fingerprint density at radius 2 is 1.72 bits per heavy atom. The van der Waals surface area contributed by atoms with E-state index >= 15 is 0 Å². The van der Waals surface area contributed by atoms with Crippen LogP contribution in [-0.4, -0.2) is 23.5 Å². The number of carbonyl (C=O) groups excluding carboxylic acids is 2. The molecule has 0 bridgehead atoms. The first-order valence-corrected chi connectivity index (χ1v) is 8.57. The van der Waals surface area contributed by atoms with E-state index in [4.69, 9.17) is 4.74 Å². The molecule has 1 aliphatic rings. The molecule has 25 heavy (non-hydrogen) atoms. The van der Waals surface area contributed by atoms with Crippen LogP contribution >= 0.6 is 0 Å². The number of hydrogen-bond acceptors (Lipinski definition) is 4. The number of ether oxygens (including phenoxy) is 1. The molecule has 3 rings (SSSR count). The third-order valence-electron chi connectivity index (χ3n) is 4.85. The molecule has 3 atom stereocenters. The molecule has 1 aliphatic carbocycles. The van der Waals surface area contributed by atoms with E-state index in [1.807, 2.05) is 60.7 Å². The molecule has 2 aromatic carbocycles. The number of aliphatic hydroxyl groups is 1. The molecule has 130 valence electrons. The quantitative estimate of drug-likeness (QED) is 0.687. The summed E-state index contributed by atoms with van der Waals surface area (Å²) < 4.78 is 5.14. The SMILES string of the molecule is CCOC(=O)[C@@H]1C(=O)C[C@@](O)(c2ccccc2)C[C@H]1c1ccccc1. The molecular formula is C21H22O4. The molecular weight excluding hydrogens is 316 g/mol. The summed E-state index contributed by atoms with van der Waals surface area (Å²) in [7, 11) is 0. The third-order valence-corrected chi connectivity index (χ3v) is 4.85. The summed E-state index contributed by atoms with van der Waals surface area (Å²) >= 11 is 0. The number of ketones is 1. The standard InChI is InChI=1S/C21H22O4/c1-2-25-20(23)19-17(15-9-5-3-6-10-15)13-21(24,14-18(19)22)16-11-7-4-8-12-16/h3-12,17,19,24H,2,13-14H2,1H3/t17-,19-,21+/m0/s1. The highest BCUT2D eigenvalue weighted by atomic mass is 16.5. The zero-order valence-corrected chi connectivity index (χ0v) is 14.2. The minimum Gasteiger partial charge on any atom is -0.465 e. The van der Waals surface area contributed by atoms with Gasteiger partial charge in [-0.05, 0) is 24.5 Å². The molecule has 4 heteroatoms. The van der Waals surface area contributed by atoms with Gasteiger partial charge in [0.15, 0.2) is 5.78 Å². The van der Waals surface area contributed by atoms with Crippen molar-refractivity contribution < 1.29 is 19.4 Å². The molecule has 0 heterocycles. The van der Waals surface area contributed by atoms with E-state index < -0.39 is 23.4 Å². The van der Waals surface area contributed by atoms with Crippen LogP contribution in [0.15, 0.2) is 60.7 Å². The second-order valence-corrected chi connectivity index (χ2v) is 6.49. The maximum absolute atomic E-state index is 12.8. The maximum Gasteiger partial charge on any atom is 0.317 e. The molecule has 1 N–H and O–H groups in total. The second-order valence-electron chi connectivity index (χ2n) is 6.49. The van der Waals surface area contributed by atoms with Gasteiger partial charge in [-0.15, -0.1) is 0 Å². The fourth-order valence-electron chi connectivity index (χ4n) is 3.68. The van der Waals surface area contributed by atoms with E-state index in [9.17, 15) is 14.7 Å². The largest absolute Gasteiger partial charge is 0.465 e. The number of hydrogen-bond donors (Lipinski definition) is 1. The molecule has 1 saturated carbocycles. The lowest BCUT2D eigenvalue weighted by molar-refractivity contribution is -0.158. The summed E-state index contributed by atoms with van der Waals surface area (Å²) in [5, 5.41) is 11.2. The van der Waals surface area contributed by atoms with Gasteiger partial charge in [0.25, 0.3) is 0 Å². The summed E-state index contributed by atoms with van der Waals surface area (Å²) in [5.74, 6) is -2.06. The highest BCUT2D eigenvalue weighted by Crippen LogP contribution is 2.46. The summed E-state index contributed by atoms with van der Waals surface area (Å²) in [6, 6.07) is 18.6. The Bertz CT molecular complexity index is 741. The Morgan fingerprint density at radius 1 is 1.12 bits per heavy atom. The van der Waals surface area contributed by atoms with Crippen LogP contribution < -0.4 is 0 Å². The highest BCUT2D eigenvalue weighted by molar-refractivity contribution is 6.01. The molecule has 0 amide bonds. The predicted octanol–water partition coefficient (Wildman–Crippen LogP) is 3.20. The Kier molecular flexibility index (Phi) is 5.00. The van der Waals surface area contributed by atoms with Crippen molar-refractivity contribution in [3.8, 4) is 0 Å². The molecule has 2 aromatic rings. The summed E-state index contributed by atoms with van der Waals surface area (Å²) in [5.41, 5.74) is 0.288. The number of esters is 1. The van der Waals surface area contributed by atoms with Crippen LogP contribution in [0, 0.1) is 5.92 Å². The summed E-state index contributed by atoms with van der Waals surface area (Å²) in [4.78, 5) is 25.2. The van der Waals surface area contributed by atoms with Crippen molar-refractivity contribution in [2.45, 2.75) is 31.3 Å². The van der Waals surface area contributed by atoms with E-state index in [-0.39, 0.29) is 18.8 Å². The molecule has 0 radical (unpaired) electrons. The maximum atomic E-state index is 12.8. The predicted molar refractivity (Wildman–Crippen MR) is 93.9 cm³/mol. The topological polar surface area (TPSA) is 63.6 Å². The minimum absolute atomic E-state index is 0.0795. The van der Waals surface area contributed by atoms with Crippen molar-refractivity contribution in [1.82, 2.24) is 0 Å². The fourth-order valence-corrected chi connectivity index (χ4v) is 3.68. The number of benzene rings is 2. The van der Waals surface area contributed by atoms with Gasteiger partial charge in [0.05, 0.1) is 12.2 Å². The lowest BCUT2D eigenvalue weighted by Crippen LogP contribution is -2.45. The molecule has 0 aromatic heterocycles. The van der Waals surface area contributed by atoms with E-state index in [2.05, 4.69) is 0 Å². The third kappa shape index (κ3) is 3.49. The lowest BCUT2D eigenvalue weighted by Gasteiger charge is -2.40. The van der Waals surface area contributed by atoms with Crippen LogP contribution in [0.3, 0.4) is 0 Å². The van der Waals surface area contributed by atoms with Gasteiger partial charge in [-0.3, -0.25) is 9.59 Å². The van der Waals surface area contributed by atoms with Gasteiger partial charge in [-0.1, -0.05) is 60.7 Å². The number of Topliss-reactive ketones (excluding diaryl/α,β-unsaturated/α-hetero) is 1.